The van der Waals surface area contributed by atoms with E-state index in [0.717, 1.165) is 26.1 Å². The Balaban J connectivity index is 2.11. The molecule has 15 heavy (non-hydrogen) atoms. The molecule has 0 aromatic carbocycles. The van der Waals surface area contributed by atoms with Crippen molar-refractivity contribution in [1.82, 2.24) is 9.80 Å². The number of carbonyl (C=O) groups is 1. The highest BCUT2D eigenvalue weighted by molar-refractivity contribution is 5.69. The smallest absolute Gasteiger partial charge is 0.305 e. The molecule has 0 aliphatic carbocycles. The standard InChI is InChI=1S/C11H22N2O2/c1-12(2)10-6-8-13(9-10)7-4-5-11(14)15-3/h10H,4-9H2,1-3H3. The molecule has 1 fully saturated rings. The van der Waals surface area contributed by atoms with Gasteiger partial charge in [0.05, 0.1) is 7.11 Å². The zero-order valence-corrected chi connectivity index (χ0v) is 10.0. The van der Waals surface area contributed by atoms with Gasteiger partial charge in [-0.25, -0.2) is 0 Å². The first-order valence-corrected chi connectivity index (χ1v) is 5.59. The molecule has 0 aromatic heterocycles. The number of hydrogen-bond donors (Lipinski definition) is 0. The van der Waals surface area contributed by atoms with Crippen molar-refractivity contribution in [2.45, 2.75) is 25.3 Å². The van der Waals surface area contributed by atoms with Gasteiger partial charge in [0.15, 0.2) is 0 Å². The fourth-order valence-corrected chi connectivity index (χ4v) is 1.99. The van der Waals surface area contributed by atoms with E-state index in [4.69, 9.17) is 0 Å². The number of ether oxygens (including phenoxy) is 1. The highest BCUT2D eigenvalue weighted by Crippen LogP contribution is 2.13. The van der Waals surface area contributed by atoms with E-state index < -0.39 is 0 Å². The van der Waals surface area contributed by atoms with Crippen molar-refractivity contribution >= 4 is 5.97 Å². The third kappa shape index (κ3) is 4.18. The zero-order chi connectivity index (χ0) is 11.3. The number of hydrogen-bond acceptors (Lipinski definition) is 4. The van der Waals surface area contributed by atoms with E-state index in [0.29, 0.717) is 12.5 Å². The van der Waals surface area contributed by atoms with Gasteiger partial charge in [-0.05, 0) is 40.0 Å². The van der Waals surface area contributed by atoms with Gasteiger partial charge in [0.25, 0.3) is 0 Å². The van der Waals surface area contributed by atoms with Crippen LogP contribution in [0.15, 0.2) is 0 Å². The second kappa shape index (κ2) is 6.08. The summed E-state index contributed by atoms with van der Waals surface area (Å²) in [6, 6.07) is 0.683. The molecule has 88 valence electrons. The number of likely N-dealkylation sites (tertiary alicyclic amines) is 1. The van der Waals surface area contributed by atoms with Crippen molar-refractivity contribution < 1.29 is 9.53 Å². The Morgan fingerprint density at radius 3 is 2.80 bits per heavy atom. The van der Waals surface area contributed by atoms with E-state index in [-0.39, 0.29) is 5.97 Å². The van der Waals surface area contributed by atoms with Crippen LogP contribution in [-0.4, -0.2) is 62.7 Å². The molecular formula is C11H22N2O2. The van der Waals surface area contributed by atoms with Crippen LogP contribution in [0.3, 0.4) is 0 Å². The summed E-state index contributed by atoms with van der Waals surface area (Å²) in [6.07, 6.45) is 2.69. The second-order valence-corrected chi connectivity index (χ2v) is 4.39. The zero-order valence-electron chi connectivity index (χ0n) is 10.0. The Morgan fingerprint density at radius 2 is 2.27 bits per heavy atom. The summed E-state index contributed by atoms with van der Waals surface area (Å²) in [7, 11) is 5.70. The molecule has 1 aliphatic heterocycles. The van der Waals surface area contributed by atoms with E-state index in [1.807, 2.05) is 0 Å². The molecule has 0 radical (unpaired) electrons. The largest absolute Gasteiger partial charge is 0.469 e. The Morgan fingerprint density at radius 1 is 1.53 bits per heavy atom. The van der Waals surface area contributed by atoms with Crippen LogP contribution in [0.4, 0.5) is 0 Å². The predicted octanol–water partition coefficient (Wildman–Crippen LogP) is 0.575. The third-order valence-electron chi connectivity index (χ3n) is 3.06. The molecule has 1 unspecified atom stereocenters. The lowest BCUT2D eigenvalue weighted by Gasteiger charge is -2.20. The lowest BCUT2D eigenvalue weighted by molar-refractivity contribution is -0.140. The fourth-order valence-electron chi connectivity index (χ4n) is 1.99. The molecule has 1 rings (SSSR count). The van der Waals surface area contributed by atoms with Crippen molar-refractivity contribution in [3.05, 3.63) is 0 Å². The van der Waals surface area contributed by atoms with E-state index in [1.165, 1.54) is 13.5 Å². The number of likely N-dealkylation sites (N-methyl/N-ethyl adjacent to an activating group) is 1. The highest BCUT2D eigenvalue weighted by Gasteiger charge is 2.23. The van der Waals surface area contributed by atoms with Crippen molar-refractivity contribution in [2.75, 3.05) is 40.8 Å². The van der Waals surface area contributed by atoms with Gasteiger partial charge in [-0.2, -0.15) is 0 Å². The normalized spacial score (nSPS) is 22.3. The Kier molecular flexibility index (Phi) is 5.05. The van der Waals surface area contributed by atoms with Crippen LogP contribution in [-0.2, 0) is 9.53 Å². The van der Waals surface area contributed by atoms with Gasteiger partial charge in [-0.15, -0.1) is 0 Å². The summed E-state index contributed by atoms with van der Waals surface area (Å²) in [5, 5.41) is 0. The predicted molar refractivity (Wildman–Crippen MR) is 59.8 cm³/mol. The maximum atomic E-state index is 10.9. The molecule has 0 spiro atoms. The molecule has 0 aromatic rings. The van der Waals surface area contributed by atoms with Gasteiger partial charge in [-0.3, -0.25) is 4.79 Å². The number of rotatable bonds is 5. The molecule has 0 amide bonds. The van der Waals surface area contributed by atoms with Crippen LogP contribution in [0.25, 0.3) is 0 Å². The van der Waals surface area contributed by atoms with Gasteiger partial charge in [-0.1, -0.05) is 0 Å². The Labute approximate surface area is 92.2 Å². The van der Waals surface area contributed by atoms with Gasteiger partial charge in [0.1, 0.15) is 0 Å². The summed E-state index contributed by atoms with van der Waals surface area (Å²) in [4.78, 5) is 15.6. The summed E-state index contributed by atoms with van der Waals surface area (Å²) < 4.78 is 4.61. The van der Waals surface area contributed by atoms with Crippen molar-refractivity contribution in [1.29, 1.82) is 0 Å². The first kappa shape index (κ1) is 12.5. The molecular weight excluding hydrogens is 192 g/mol. The third-order valence-corrected chi connectivity index (χ3v) is 3.06. The average molecular weight is 214 g/mol. The summed E-state index contributed by atoms with van der Waals surface area (Å²) in [5.74, 6) is -0.0987. The minimum absolute atomic E-state index is 0.0987. The summed E-state index contributed by atoms with van der Waals surface area (Å²) >= 11 is 0. The van der Waals surface area contributed by atoms with Crippen molar-refractivity contribution in [3.8, 4) is 0 Å². The molecule has 4 heteroatoms. The number of esters is 1. The van der Waals surface area contributed by atoms with E-state index in [9.17, 15) is 4.79 Å². The van der Waals surface area contributed by atoms with Crippen LogP contribution in [0.5, 0.6) is 0 Å². The first-order valence-electron chi connectivity index (χ1n) is 5.59. The minimum atomic E-state index is -0.0987. The van der Waals surface area contributed by atoms with Gasteiger partial charge in [0, 0.05) is 19.0 Å². The molecule has 1 aliphatic rings. The van der Waals surface area contributed by atoms with Crippen molar-refractivity contribution in [2.24, 2.45) is 0 Å². The van der Waals surface area contributed by atoms with E-state index in [1.54, 1.807) is 0 Å². The summed E-state index contributed by atoms with van der Waals surface area (Å²) in [6.45, 7) is 3.30. The molecule has 4 nitrogen and oxygen atoms in total. The molecule has 1 heterocycles. The van der Waals surface area contributed by atoms with Crippen LogP contribution in [0, 0.1) is 0 Å². The Bertz CT molecular complexity index is 207. The van der Waals surface area contributed by atoms with Crippen LogP contribution in [0.2, 0.25) is 0 Å². The number of carbonyl (C=O) groups excluding carboxylic acids is 1. The first-order chi connectivity index (χ1) is 7.13. The van der Waals surface area contributed by atoms with Crippen molar-refractivity contribution in [3.63, 3.8) is 0 Å². The molecule has 0 bridgehead atoms. The SMILES string of the molecule is COC(=O)CCCN1CCC(N(C)C)C1. The molecule has 0 N–H and O–H groups in total. The lowest BCUT2D eigenvalue weighted by atomic mass is 10.2. The molecule has 1 atom stereocenters. The summed E-state index contributed by atoms with van der Waals surface area (Å²) in [5.41, 5.74) is 0. The lowest BCUT2D eigenvalue weighted by Crippen LogP contribution is -2.32. The van der Waals surface area contributed by atoms with E-state index in [2.05, 4.69) is 28.6 Å². The van der Waals surface area contributed by atoms with Crippen LogP contribution >= 0.6 is 0 Å². The highest BCUT2D eigenvalue weighted by atomic mass is 16.5. The van der Waals surface area contributed by atoms with Gasteiger partial charge in [0.2, 0.25) is 0 Å². The maximum Gasteiger partial charge on any atom is 0.305 e. The fraction of sp³-hybridized carbons (Fsp3) is 0.909. The molecule has 0 saturated carbocycles. The second-order valence-electron chi connectivity index (χ2n) is 4.39. The quantitative estimate of drug-likeness (QED) is 0.627. The van der Waals surface area contributed by atoms with E-state index >= 15 is 0 Å². The minimum Gasteiger partial charge on any atom is -0.469 e. The van der Waals surface area contributed by atoms with Gasteiger partial charge < -0.3 is 14.5 Å². The number of methoxy groups -OCH3 is 1. The molecule has 1 saturated heterocycles. The van der Waals surface area contributed by atoms with Crippen LogP contribution in [0.1, 0.15) is 19.3 Å². The Hall–Kier alpha value is -0.610. The average Bonchev–Trinajstić information content (AvgIpc) is 2.66. The monoisotopic (exact) mass is 214 g/mol. The van der Waals surface area contributed by atoms with Crippen LogP contribution < -0.4 is 0 Å². The maximum absolute atomic E-state index is 10.9. The topological polar surface area (TPSA) is 32.8 Å². The van der Waals surface area contributed by atoms with Gasteiger partial charge >= 0.3 is 5.97 Å². The number of nitrogens with zero attached hydrogens (tertiary/aromatic N) is 2.